The fourth-order valence-electron chi connectivity index (χ4n) is 1.31. The van der Waals surface area contributed by atoms with E-state index >= 15 is 0 Å². The summed E-state index contributed by atoms with van der Waals surface area (Å²) in [5.41, 5.74) is 0. The average Bonchev–Trinajstić information content (AvgIpc) is 2.46. The maximum atomic E-state index is 12.5. The van der Waals surface area contributed by atoms with E-state index in [-0.39, 0.29) is 0 Å². The largest absolute Gasteiger partial charge is 0.463 e. The molecule has 0 saturated heterocycles. The van der Waals surface area contributed by atoms with Crippen molar-refractivity contribution in [3.8, 4) is 0 Å². The Bertz CT molecular complexity index is 327. The maximum Gasteiger partial charge on any atom is 0.354 e. The van der Waals surface area contributed by atoms with Gasteiger partial charge in [0.25, 0.3) is 0 Å². The lowest BCUT2D eigenvalue weighted by Crippen LogP contribution is -2.03. The molecular weight excluding hydrogens is 291 g/mol. The van der Waals surface area contributed by atoms with E-state index in [0.29, 0.717) is 19.8 Å². The summed E-state index contributed by atoms with van der Waals surface area (Å²) >= 11 is 0. The molecule has 0 aromatic heterocycles. The van der Waals surface area contributed by atoms with Crippen LogP contribution in [0.15, 0.2) is 11.9 Å². The number of hydrogen-bond donors (Lipinski definition) is 0. The molecule has 5 nitrogen and oxygen atoms in total. The Morgan fingerprint density at radius 1 is 0.905 bits per heavy atom. The van der Waals surface area contributed by atoms with Gasteiger partial charge in [-0.25, -0.2) is 4.79 Å². The molecule has 0 aromatic carbocycles. The first kappa shape index (κ1) is 20.4. The number of rotatable bonds is 13. The van der Waals surface area contributed by atoms with E-state index in [0.717, 1.165) is 44.6 Å². The number of carbonyl (C=O) groups excluding carboxylic acids is 1. The van der Waals surface area contributed by atoms with Crippen molar-refractivity contribution in [3.05, 3.63) is 11.9 Å². The zero-order valence-corrected chi connectivity index (χ0v) is 14.4. The third-order valence-corrected chi connectivity index (χ3v) is 4.27. The monoisotopic (exact) mass is 320 g/mol. The van der Waals surface area contributed by atoms with E-state index in [1.54, 1.807) is 0 Å². The molecule has 21 heavy (non-hydrogen) atoms. The maximum absolute atomic E-state index is 12.5. The second kappa shape index (κ2) is 13.1. The Balaban J connectivity index is 4.41. The molecule has 124 valence electrons. The van der Waals surface area contributed by atoms with Gasteiger partial charge in [-0.2, -0.15) is 0 Å². The molecule has 0 aliphatic heterocycles. The lowest BCUT2D eigenvalue weighted by molar-refractivity contribution is -0.137. The SMILES string of the molecule is CCCCOC(=O)/C=C/P(=O)(OCCCC)OCCCC. The van der Waals surface area contributed by atoms with Crippen LogP contribution in [0.5, 0.6) is 0 Å². The van der Waals surface area contributed by atoms with Crippen molar-refractivity contribution in [2.24, 2.45) is 0 Å². The van der Waals surface area contributed by atoms with Gasteiger partial charge in [-0.15, -0.1) is 0 Å². The Kier molecular flexibility index (Phi) is 12.7. The molecule has 0 fully saturated rings. The minimum absolute atomic E-state index is 0.356. The number of hydrogen-bond acceptors (Lipinski definition) is 5. The van der Waals surface area contributed by atoms with Crippen LogP contribution in [-0.2, 0) is 23.1 Å². The van der Waals surface area contributed by atoms with Gasteiger partial charge in [0.2, 0.25) is 0 Å². The second-order valence-electron chi connectivity index (χ2n) is 4.75. The van der Waals surface area contributed by atoms with E-state index in [1.807, 2.05) is 20.8 Å². The highest BCUT2D eigenvalue weighted by Gasteiger charge is 2.21. The summed E-state index contributed by atoms with van der Waals surface area (Å²) in [6.45, 7) is 7.14. The smallest absolute Gasteiger partial charge is 0.354 e. The van der Waals surface area contributed by atoms with Gasteiger partial charge in [-0.05, 0) is 19.3 Å². The van der Waals surface area contributed by atoms with Crippen molar-refractivity contribution in [1.29, 1.82) is 0 Å². The van der Waals surface area contributed by atoms with E-state index in [4.69, 9.17) is 13.8 Å². The van der Waals surface area contributed by atoms with Crippen LogP contribution in [-0.4, -0.2) is 25.8 Å². The van der Waals surface area contributed by atoms with Crippen LogP contribution in [0.25, 0.3) is 0 Å². The third-order valence-electron chi connectivity index (χ3n) is 2.67. The highest BCUT2D eigenvalue weighted by atomic mass is 31.2. The first-order valence-electron chi connectivity index (χ1n) is 7.82. The Labute approximate surface area is 128 Å². The Hall–Kier alpha value is -0.640. The molecule has 0 unspecified atom stereocenters. The summed E-state index contributed by atoms with van der Waals surface area (Å²) in [5, 5.41) is 0. The van der Waals surface area contributed by atoms with Crippen LogP contribution in [0.2, 0.25) is 0 Å². The van der Waals surface area contributed by atoms with Gasteiger partial charge in [0.15, 0.2) is 0 Å². The van der Waals surface area contributed by atoms with Gasteiger partial charge < -0.3 is 13.8 Å². The lowest BCUT2D eigenvalue weighted by Gasteiger charge is -2.14. The summed E-state index contributed by atoms with van der Waals surface area (Å²) in [4.78, 5) is 11.5. The van der Waals surface area contributed by atoms with Crippen molar-refractivity contribution in [1.82, 2.24) is 0 Å². The Morgan fingerprint density at radius 2 is 1.38 bits per heavy atom. The molecule has 0 aromatic rings. The van der Waals surface area contributed by atoms with Crippen LogP contribution < -0.4 is 0 Å². The molecule has 0 rings (SSSR count). The number of esters is 1. The number of carbonyl (C=O) groups is 1. The fraction of sp³-hybridized carbons (Fsp3) is 0.800. The molecular formula is C15H29O5P. The van der Waals surface area contributed by atoms with Crippen LogP contribution in [0.3, 0.4) is 0 Å². The van der Waals surface area contributed by atoms with Crippen LogP contribution >= 0.6 is 7.60 Å². The van der Waals surface area contributed by atoms with E-state index in [2.05, 4.69) is 0 Å². The second-order valence-corrected chi connectivity index (χ2v) is 6.64. The normalized spacial score (nSPS) is 12.0. The molecule has 0 spiro atoms. The lowest BCUT2D eigenvalue weighted by atomic mass is 10.4. The molecule has 0 radical (unpaired) electrons. The number of unbranched alkanes of at least 4 members (excludes halogenated alkanes) is 3. The highest BCUT2D eigenvalue weighted by Crippen LogP contribution is 2.50. The molecule has 0 amide bonds. The first-order chi connectivity index (χ1) is 10.1. The van der Waals surface area contributed by atoms with Crippen molar-refractivity contribution < 1.29 is 23.1 Å². The zero-order valence-electron chi connectivity index (χ0n) is 13.5. The predicted molar refractivity (Wildman–Crippen MR) is 84.3 cm³/mol. The first-order valence-corrected chi connectivity index (χ1v) is 9.44. The van der Waals surface area contributed by atoms with Crippen molar-refractivity contribution in [3.63, 3.8) is 0 Å². The molecule has 0 aliphatic rings. The van der Waals surface area contributed by atoms with Crippen LogP contribution in [0.4, 0.5) is 0 Å². The molecule has 0 aliphatic carbocycles. The summed E-state index contributed by atoms with van der Waals surface area (Å²) in [6.07, 6.45) is 6.41. The van der Waals surface area contributed by atoms with Gasteiger partial charge in [-0.1, -0.05) is 40.0 Å². The van der Waals surface area contributed by atoms with Gasteiger partial charge in [0, 0.05) is 11.9 Å². The van der Waals surface area contributed by atoms with Crippen molar-refractivity contribution >= 4 is 13.6 Å². The van der Waals surface area contributed by atoms with Gasteiger partial charge >= 0.3 is 13.6 Å². The third kappa shape index (κ3) is 11.7. The minimum atomic E-state index is -3.35. The van der Waals surface area contributed by atoms with E-state index < -0.39 is 13.6 Å². The summed E-state index contributed by atoms with van der Waals surface area (Å²) in [5.74, 6) is 0.703. The van der Waals surface area contributed by atoms with Crippen molar-refractivity contribution in [2.45, 2.75) is 59.3 Å². The average molecular weight is 320 g/mol. The quantitative estimate of drug-likeness (QED) is 0.213. The number of ether oxygens (including phenoxy) is 1. The molecule has 0 N–H and O–H groups in total. The molecule has 6 heteroatoms. The molecule has 0 bridgehead atoms. The van der Waals surface area contributed by atoms with Crippen molar-refractivity contribution in [2.75, 3.05) is 19.8 Å². The highest BCUT2D eigenvalue weighted by molar-refractivity contribution is 7.57. The van der Waals surface area contributed by atoms with Gasteiger partial charge in [0.05, 0.1) is 19.8 Å². The summed E-state index contributed by atoms with van der Waals surface area (Å²) in [7, 11) is -3.35. The fourth-order valence-corrected chi connectivity index (χ4v) is 2.63. The zero-order chi connectivity index (χ0) is 16.0. The standard InChI is InChI=1S/C15H29O5P/c1-4-7-11-18-15(16)10-14-21(17,19-12-8-5-2)20-13-9-6-3/h10,14H,4-9,11-13H2,1-3H3/b14-10+. The van der Waals surface area contributed by atoms with Gasteiger partial charge in [0.1, 0.15) is 0 Å². The minimum Gasteiger partial charge on any atom is -0.463 e. The van der Waals surface area contributed by atoms with Crippen LogP contribution in [0, 0.1) is 0 Å². The molecule has 0 atom stereocenters. The molecule has 0 heterocycles. The molecule has 0 saturated carbocycles. The van der Waals surface area contributed by atoms with E-state index in [1.165, 1.54) is 5.82 Å². The summed E-state index contributed by atoms with van der Waals surface area (Å²) in [6, 6.07) is 0. The summed E-state index contributed by atoms with van der Waals surface area (Å²) < 4.78 is 28.1. The van der Waals surface area contributed by atoms with Gasteiger partial charge in [-0.3, -0.25) is 4.57 Å². The van der Waals surface area contributed by atoms with Crippen LogP contribution in [0.1, 0.15) is 59.3 Å². The Morgan fingerprint density at radius 3 is 1.86 bits per heavy atom. The van der Waals surface area contributed by atoms with E-state index in [9.17, 15) is 9.36 Å². The topological polar surface area (TPSA) is 61.8 Å². The predicted octanol–water partition coefficient (Wildman–Crippen LogP) is 4.67.